The molecule has 6 heteroatoms. The first-order valence-electron chi connectivity index (χ1n) is 8.24. The summed E-state index contributed by atoms with van der Waals surface area (Å²) in [5.74, 6) is -0.325. The molecule has 130 valence electrons. The van der Waals surface area contributed by atoms with E-state index in [1.54, 1.807) is 12.1 Å². The van der Waals surface area contributed by atoms with Crippen LogP contribution in [0.4, 0.5) is 0 Å². The number of pyridine rings is 1. The smallest absolute Gasteiger partial charge is 0.270 e. The Kier molecular flexibility index (Phi) is 4.32. The number of carbonyl (C=O) groups excluding carboxylic acids is 1. The molecule has 26 heavy (non-hydrogen) atoms. The van der Waals surface area contributed by atoms with Gasteiger partial charge in [0.15, 0.2) is 0 Å². The van der Waals surface area contributed by atoms with Crippen LogP contribution in [0, 0.1) is 0 Å². The lowest BCUT2D eigenvalue weighted by Crippen LogP contribution is -2.27. The molecule has 5 nitrogen and oxygen atoms in total. The lowest BCUT2D eigenvalue weighted by molar-refractivity contribution is 0.0940. The van der Waals surface area contributed by atoms with Gasteiger partial charge in [0, 0.05) is 33.4 Å². The molecule has 1 amide bonds. The Labute approximate surface area is 154 Å². The molecule has 4 aromatic rings. The summed E-state index contributed by atoms with van der Waals surface area (Å²) in [6, 6.07) is 17.1. The molecular weight excluding hydrogens is 350 g/mol. The van der Waals surface area contributed by atoms with Crippen molar-refractivity contribution in [1.29, 1.82) is 0 Å². The van der Waals surface area contributed by atoms with Crippen LogP contribution in [0.3, 0.4) is 0 Å². The van der Waals surface area contributed by atoms with Crippen LogP contribution in [0.25, 0.3) is 33.1 Å². The average molecular weight is 366 g/mol. The van der Waals surface area contributed by atoms with Gasteiger partial charge in [0.2, 0.25) is 0 Å². The highest BCUT2D eigenvalue weighted by molar-refractivity contribution is 6.31. The number of benzene rings is 2. The van der Waals surface area contributed by atoms with E-state index in [1.165, 1.54) is 0 Å². The van der Waals surface area contributed by atoms with E-state index >= 15 is 0 Å². The molecular formula is C20H16ClN3O2. The number of nitrogens with one attached hydrogen (secondary N) is 2. The van der Waals surface area contributed by atoms with Gasteiger partial charge in [-0.1, -0.05) is 41.9 Å². The molecule has 2 aromatic heterocycles. The van der Waals surface area contributed by atoms with Gasteiger partial charge >= 0.3 is 0 Å². The van der Waals surface area contributed by atoms with Crippen LogP contribution in [-0.4, -0.2) is 34.1 Å². The number of aromatic amines is 1. The molecule has 0 atom stereocenters. The lowest BCUT2D eigenvalue weighted by Gasteiger charge is -2.08. The number of hydrogen-bond acceptors (Lipinski definition) is 3. The molecule has 0 aliphatic rings. The fraction of sp³-hybridized carbons (Fsp3) is 0.100. The molecule has 0 spiro atoms. The van der Waals surface area contributed by atoms with Crippen molar-refractivity contribution in [2.45, 2.75) is 0 Å². The van der Waals surface area contributed by atoms with Crippen LogP contribution in [0.2, 0.25) is 5.02 Å². The molecule has 3 N–H and O–H groups in total. The maximum atomic E-state index is 12.4. The second kappa shape index (κ2) is 6.78. The molecule has 4 rings (SSSR count). The van der Waals surface area contributed by atoms with Crippen molar-refractivity contribution in [2.75, 3.05) is 13.2 Å². The van der Waals surface area contributed by atoms with E-state index < -0.39 is 0 Å². The molecule has 2 aromatic carbocycles. The topological polar surface area (TPSA) is 78.0 Å². The molecule has 0 fully saturated rings. The van der Waals surface area contributed by atoms with E-state index in [1.807, 2.05) is 42.5 Å². The van der Waals surface area contributed by atoms with E-state index in [4.69, 9.17) is 16.7 Å². The minimum absolute atomic E-state index is 0.123. The molecule has 0 aliphatic heterocycles. The molecule has 0 radical (unpaired) electrons. The highest BCUT2D eigenvalue weighted by Crippen LogP contribution is 2.33. The zero-order valence-corrected chi connectivity index (χ0v) is 14.5. The van der Waals surface area contributed by atoms with Crippen molar-refractivity contribution >= 4 is 39.3 Å². The minimum atomic E-state index is -0.325. The Hall–Kier alpha value is -2.89. The van der Waals surface area contributed by atoms with Gasteiger partial charge < -0.3 is 15.4 Å². The lowest BCUT2D eigenvalue weighted by atomic mass is 10.1. The van der Waals surface area contributed by atoms with Crippen molar-refractivity contribution in [1.82, 2.24) is 15.3 Å². The molecule has 2 heterocycles. The Bertz CT molecular complexity index is 1120. The van der Waals surface area contributed by atoms with Crippen LogP contribution >= 0.6 is 11.6 Å². The van der Waals surface area contributed by atoms with Crippen LogP contribution < -0.4 is 5.32 Å². The van der Waals surface area contributed by atoms with E-state index in [0.717, 1.165) is 27.4 Å². The number of carbonyl (C=O) groups is 1. The van der Waals surface area contributed by atoms with Crippen molar-refractivity contribution in [3.05, 3.63) is 65.3 Å². The Morgan fingerprint density at radius 1 is 1.12 bits per heavy atom. The van der Waals surface area contributed by atoms with E-state index in [2.05, 4.69) is 15.3 Å². The van der Waals surface area contributed by atoms with Crippen LogP contribution in [0.15, 0.2) is 54.6 Å². The first-order valence-corrected chi connectivity index (χ1v) is 8.61. The number of aliphatic hydroxyl groups is 1. The number of aromatic nitrogens is 2. The van der Waals surface area contributed by atoms with Crippen LogP contribution in [0.5, 0.6) is 0 Å². The summed E-state index contributed by atoms with van der Waals surface area (Å²) < 4.78 is 0. The third-order valence-electron chi connectivity index (χ3n) is 4.22. The monoisotopic (exact) mass is 365 g/mol. The summed E-state index contributed by atoms with van der Waals surface area (Å²) in [5, 5.41) is 14.1. The Morgan fingerprint density at radius 2 is 1.96 bits per heavy atom. The third kappa shape index (κ3) is 2.92. The average Bonchev–Trinajstić information content (AvgIpc) is 3.04. The normalized spacial score (nSPS) is 11.2. The standard InChI is InChI=1S/C20H16ClN3O2/c21-13-5-3-4-12(10-13)18-19-15(14-6-1-2-7-16(14)23-19)11-17(24-18)20(26)22-8-9-25/h1-7,10-11,23,25H,8-9H2,(H,22,26). The maximum Gasteiger partial charge on any atom is 0.270 e. The number of amides is 1. The van der Waals surface area contributed by atoms with Gasteiger partial charge in [0.1, 0.15) is 5.69 Å². The van der Waals surface area contributed by atoms with Crippen molar-refractivity contribution in [3.8, 4) is 11.3 Å². The highest BCUT2D eigenvalue weighted by Gasteiger charge is 2.16. The predicted molar refractivity (Wildman–Crippen MR) is 103 cm³/mol. The molecule has 0 saturated carbocycles. The van der Waals surface area contributed by atoms with E-state index in [0.29, 0.717) is 16.4 Å². The van der Waals surface area contributed by atoms with Crippen LogP contribution in [-0.2, 0) is 0 Å². The summed E-state index contributed by atoms with van der Waals surface area (Å²) >= 11 is 6.15. The summed E-state index contributed by atoms with van der Waals surface area (Å²) in [7, 11) is 0. The summed E-state index contributed by atoms with van der Waals surface area (Å²) in [4.78, 5) is 20.4. The minimum Gasteiger partial charge on any atom is -0.395 e. The highest BCUT2D eigenvalue weighted by atomic mass is 35.5. The zero-order chi connectivity index (χ0) is 18.1. The van der Waals surface area contributed by atoms with Gasteiger partial charge in [-0.15, -0.1) is 0 Å². The van der Waals surface area contributed by atoms with E-state index in [9.17, 15) is 4.79 Å². The molecule has 0 unspecified atom stereocenters. The third-order valence-corrected chi connectivity index (χ3v) is 4.46. The summed E-state index contributed by atoms with van der Waals surface area (Å²) in [6.07, 6.45) is 0. The fourth-order valence-corrected chi connectivity index (χ4v) is 3.26. The second-order valence-corrected chi connectivity index (χ2v) is 6.38. The quantitative estimate of drug-likeness (QED) is 0.515. The van der Waals surface area contributed by atoms with E-state index in [-0.39, 0.29) is 19.1 Å². The van der Waals surface area contributed by atoms with Crippen molar-refractivity contribution < 1.29 is 9.90 Å². The van der Waals surface area contributed by atoms with Gasteiger partial charge in [0.25, 0.3) is 5.91 Å². The number of hydrogen-bond donors (Lipinski definition) is 3. The number of para-hydroxylation sites is 1. The zero-order valence-electron chi connectivity index (χ0n) is 13.8. The first kappa shape index (κ1) is 16.6. The van der Waals surface area contributed by atoms with Gasteiger partial charge in [-0.2, -0.15) is 0 Å². The van der Waals surface area contributed by atoms with Crippen molar-refractivity contribution in [2.24, 2.45) is 0 Å². The van der Waals surface area contributed by atoms with Gasteiger partial charge in [-0.25, -0.2) is 4.98 Å². The predicted octanol–water partition coefficient (Wildman–Crippen LogP) is 3.76. The fourth-order valence-electron chi connectivity index (χ4n) is 3.07. The van der Waals surface area contributed by atoms with Gasteiger partial charge in [0.05, 0.1) is 17.8 Å². The number of halogens is 1. The van der Waals surface area contributed by atoms with Gasteiger partial charge in [-0.3, -0.25) is 4.79 Å². The first-order chi connectivity index (χ1) is 12.7. The maximum absolute atomic E-state index is 12.4. The molecule has 0 aliphatic carbocycles. The number of fused-ring (bicyclic) bond motifs is 3. The van der Waals surface area contributed by atoms with Crippen LogP contribution in [0.1, 0.15) is 10.5 Å². The number of rotatable bonds is 4. The largest absolute Gasteiger partial charge is 0.395 e. The molecule has 0 saturated heterocycles. The number of H-pyrrole nitrogens is 1. The van der Waals surface area contributed by atoms with Crippen molar-refractivity contribution in [3.63, 3.8) is 0 Å². The number of aliphatic hydroxyl groups excluding tert-OH is 1. The SMILES string of the molecule is O=C(NCCO)c1cc2c([nH]c3ccccc32)c(-c2cccc(Cl)c2)n1. The van der Waals surface area contributed by atoms with Gasteiger partial charge in [-0.05, 0) is 24.3 Å². The number of nitrogens with zero attached hydrogens (tertiary/aromatic N) is 1. The second-order valence-electron chi connectivity index (χ2n) is 5.94. The Balaban J connectivity index is 2.00. The Morgan fingerprint density at radius 3 is 2.77 bits per heavy atom. The summed E-state index contributed by atoms with van der Waals surface area (Å²) in [5.41, 5.74) is 3.61. The summed E-state index contributed by atoms with van der Waals surface area (Å²) in [6.45, 7) is 0.0567. The molecule has 0 bridgehead atoms.